The molecule has 120 valence electrons. The zero-order valence-corrected chi connectivity index (χ0v) is 13.7. The van der Waals surface area contributed by atoms with Crippen LogP contribution in [-0.2, 0) is 13.8 Å². The van der Waals surface area contributed by atoms with Crippen molar-refractivity contribution in [2.75, 3.05) is 18.3 Å². The van der Waals surface area contributed by atoms with Crippen molar-refractivity contribution in [3.05, 3.63) is 29.8 Å². The van der Waals surface area contributed by atoms with Gasteiger partial charge in [-0.05, 0) is 45.0 Å². The number of hydrogen-bond acceptors (Lipinski definition) is 4. The fraction of sp³-hybridized carbons (Fsp3) is 0.400. The molecule has 0 aromatic heterocycles. The summed E-state index contributed by atoms with van der Waals surface area (Å²) in [5.41, 5.74) is 2.34. The average Bonchev–Trinajstić information content (AvgIpc) is 2.43. The Morgan fingerprint density at radius 2 is 1.91 bits per heavy atom. The Kier molecular flexibility index (Phi) is 6.19. The van der Waals surface area contributed by atoms with Crippen molar-refractivity contribution < 1.29 is 23.7 Å². The zero-order chi connectivity index (χ0) is 16.8. The summed E-state index contributed by atoms with van der Waals surface area (Å²) in [4.78, 5) is 10.8. The number of anilines is 1. The van der Waals surface area contributed by atoms with Crippen molar-refractivity contribution in [2.45, 2.75) is 26.4 Å². The van der Waals surface area contributed by atoms with Crippen LogP contribution in [0.15, 0.2) is 24.3 Å². The van der Waals surface area contributed by atoms with Gasteiger partial charge in [-0.1, -0.05) is 0 Å². The maximum Gasteiger partial charge on any atom is 0.367 e. The number of aromatic carboxylic acids is 1. The summed E-state index contributed by atoms with van der Waals surface area (Å²) < 4.78 is 23.0. The molecule has 2 N–H and O–H groups in total. The lowest BCUT2D eigenvalue weighted by atomic mass is 10.2. The summed E-state index contributed by atoms with van der Waals surface area (Å²) in [6.45, 7) is 6.04. The molecule has 0 aliphatic rings. The molecule has 0 radical (unpaired) electrons. The quantitative estimate of drug-likeness (QED) is 0.454. The van der Waals surface area contributed by atoms with Crippen LogP contribution in [0.25, 0.3) is 0 Å². The Morgan fingerprint density at radius 1 is 1.32 bits per heavy atom. The number of hydrogen-bond donors (Lipinski definition) is 2. The summed E-state index contributed by atoms with van der Waals surface area (Å²) >= 11 is 0. The van der Waals surface area contributed by atoms with Gasteiger partial charge in [0.15, 0.2) is 0 Å². The number of carboxylic acid groups (broad SMARTS) is 1. The van der Waals surface area contributed by atoms with E-state index >= 15 is 0 Å². The van der Waals surface area contributed by atoms with E-state index in [1.54, 1.807) is 0 Å². The molecule has 1 rings (SSSR count). The fourth-order valence-electron chi connectivity index (χ4n) is 1.47. The first kappa shape index (κ1) is 18.2. The summed E-state index contributed by atoms with van der Waals surface area (Å²) in [5.74, 6) is -1.04. The third-order valence-electron chi connectivity index (χ3n) is 2.47. The van der Waals surface area contributed by atoms with E-state index in [-0.39, 0.29) is 24.4 Å². The average molecular weight is 325 g/mol. The van der Waals surface area contributed by atoms with Crippen LogP contribution in [0, 0.1) is 12.1 Å². The molecule has 1 aromatic carbocycles. The number of terminal acetylenes is 1. The summed E-state index contributed by atoms with van der Waals surface area (Å²) in [6.07, 6.45) is 5.27. The first-order chi connectivity index (χ1) is 10.2. The van der Waals surface area contributed by atoms with Crippen LogP contribution in [0.4, 0.5) is 5.69 Å². The molecule has 0 fully saturated rings. The fourth-order valence-corrected chi connectivity index (χ4v) is 2.50. The van der Waals surface area contributed by atoms with Crippen LogP contribution < -0.4 is 5.09 Å². The van der Waals surface area contributed by atoms with Crippen molar-refractivity contribution >= 4 is 19.2 Å². The topological polar surface area (TPSA) is 84.9 Å². The van der Waals surface area contributed by atoms with Crippen LogP contribution in [0.1, 0.15) is 31.1 Å². The molecule has 0 aliphatic heterocycles. The second-order valence-corrected chi connectivity index (χ2v) is 7.31. The lowest BCUT2D eigenvalue weighted by Gasteiger charge is -2.20. The number of carbonyl (C=O) groups is 1. The van der Waals surface area contributed by atoms with Crippen LogP contribution in [0.2, 0.25) is 0 Å². The van der Waals surface area contributed by atoms with Crippen molar-refractivity contribution in [1.82, 2.24) is 0 Å². The van der Waals surface area contributed by atoms with Gasteiger partial charge in [0, 0.05) is 11.3 Å². The van der Waals surface area contributed by atoms with E-state index in [4.69, 9.17) is 20.8 Å². The van der Waals surface area contributed by atoms with Gasteiger partial charge in [0.25, 0.3) is 0 Å². The van der Waals surface area contributed by atoms with Gasteiger partial charge in [-0.25, -0.2) is 4.79 Å². The van der Waals surface area contributed by atoms with Gasteiger partial charge in [-0.3, -0.25) is 4.57 Å². The van der Waals surface area contributed by atoms with Crippen molar-refractivity contribution in [3.8, 4) is 12.1 Å². The Bertz CT molecular complexity index is 598. The molecule has 0 saturated heterocycles. The number of carboxylic acids is 1. The molecule has 0 saturated carbocycles. The molecule has 0 spiro atoms. The minimum Gasteiger partial charge on any atom is -0.478 e. The maximum absolute atomic E-state index is 12.4. The Labute approximate surface area is 130 Å². The first-order valence-electron chi connectivity index (χ1n) is 6.63. The second-order valence-electron chi connectivity index (χ2n) is 5.47. The van der Waals surface area contributed by atoms with E-state index in [2.05, 4.69) is 10.7 Å². The molecular weight excluding hydrogens is 305 g/mol. The van der Waals surface area contributed by atoms with Gasteiger partial charge in [0.1, 0.15) is 0 Å². The van der Waals surface area contributed by atoms with Crippen molar-refractivity contribution in [1.29, 1.82) is 0 Å². The minimum absolute atomic E-state index is 0.0823. The smallest absolute Gasteiger partial charge is 0.367 e. The summed E-state index contributed by atoms with van der Waals surface area (Å²) in [6, 6.07) is 5.72. The largest absolute Gasteiger partial charge is 0.478 e. The number of rotatable bonds is 7. The number of nitrogens with one attached hydrogen (secondary N) is 1. The van der Waals surface area contributed by atoms with E-state index in [1.807, 2.05) is 20.8 Å². The number of ether oxygens (including phenoxy) is 1. The summed E-state index contributed by atoms with van der Waals surface area (Å²) in [7, 11) is -3.49. The normalized spacial score (nSPS) is 13.9. The molecule has 22 heavy (non-hydrogen) atoms. The lowest BCUT2D eigenvalue weighted by molar-refractivity contribution is -0.0157. The molecule has 1 aromatic rings. The van der Waals surface area contributed by atoms with E-state index in [9.17, 15) is 9.36 Å². The lowest BCUT2D eigenvalue weighted by Crippen LogP contribution is -2.21. The highest BCUT2D eigenvalue weighted by atomic mass is 31.2. The molecular formula is C15H20NO5P. The monoisotopic (exact) mass is 325 g/mol. The van der Waals surface area contributed by atoms with Crippen LogP contribution in [0.5, 0.6) is 0 Å². The van der Waals surface area contributed by atoms with Crippen LogP contribution in [0.3, 0.4) is 0 Å². The third-order valence-corrected chi connectivity index (χ3v) is 3.91. The van der Waals surface area contributed by atoms with Gasteiger partial charge in [0.2, 0.25) is 0 Å². The highest BCUT2D eigenvalue weighted by Crippen LogP contribution is 2.45. The number of benzene rings is 1. The molecule has 0 amide bonds. The first-order valence-corrected chi connectivity index (χ1v) is 8.26. The molecule has 6 nitrogen and oxygen atoms in total. The highest BCUT2D eigenvalue weighted by Gasteiger charge is 2.20. The van der Waals surface area contributed by atoms with E-state index in [0.29, 0.717) is 5.69 Å². The molecule has 1 atom stereocenters. The predicted octanol–water partition coefficient (Wildman–Crippen LogP) is 3.41. The third kappa shape index (κ3) is 6.31. The maximum atomic E-state index is 12.4. The molecule has 0 heterocycles. The minimum atomic E-state index is -3.49. The van der Waals surface area contributed by atoms with Gasteiger partial charge < -0.3 is 19.5 Å². The predicted molar refractivity (Wildman–Crippen MR) is 85.1 cm³/mol. The van der Waals surface area contributed by atoms with Crippen LogP contribution >= 0.6 is 7.52 Å². The van der Waals surface area contributed by atoms with E-state index in [0.717, 1.165) is 0 Å². The SMILES string of the molecule is C#CP(=O)(Nc1ccc(C(=O)O)cc1)OCCOC(C)(C)C. The molecule has 0 bridgehead atoms. The van der Waals surface area contributed by atoms with Gasteiger partial charge in [-0.15, -0.1) is 6.42 Å². The Hall–Kier alpha value is -1.80. The molecule has 0 aliphatic carbocycles. The molecule has 7 heteroatoms. The van der Waals surface area contributed by atoms with E-state index < -0.39 is 13.5 Å². The second kappa shape index (κ2) is 7.46. The summed E-state index contributed by atoms with van der Waals surface area (Å²) in [5, 5.41) is 11.4. The van der Waals surface area contributed by atoms with Crippen molar-refractivity contribution in [3.63, 3.8) is 0 Å². The Balaban J connectivity index is 2.61. The van der Waals surface area contributed by atoms with Gasteiger partial charge in [-0.2, -0.15) is 0 Å². The Morgan fingerprint density at radius 3 is 2.36 bits per heavy atom. The standard InChI is InChI=1S/C15H20NO5P/c1-5-22(19,21-11-10-20-15(2,3)4)16-13-8-6-12(7-9-13)14(17)18/h1,6-9H,10-11H2,2-4H3,(H,16,19)(H,17,18). The van der Waals surface area contributed by atoms with Gasteiger partial charge in [0.05, 0.1) is 24.4 Å². The van der Waals surface area contributed by atoms with E-state index in [1.165, 1.54) is 24.3 Å². The molecule has 1 unspecified atom stereocenters. The highest BCUT2D eigenvalue weighted by molar-refractivity contribution is 7.65. The van der Waals surface area contributed by atoms with Gasteiger partial charge >= 0.3 is 13.5 Å². The zero-order valence-electron chi connectivity index (χ0n) is 12.8. The van der Waals surface area contributed by atoms with Crippen molar-refractivity contribution in [2.24, 2.45) is 0 Å². The van der Waals surface area contributed by atoms with Crippen LogP contribution in [-0.4, -0.2) is 29.9 Å².